The lowest BCUT2D eigenvalue weighted by atomic mass is 10.2. The predicted octanol–water partition coefficient (Wildman–Crippen LogP) is 4.34. The van der Waals surface area contributed by atoms with Crippen molar-refractivity contribution in [3.05, 3.63) is 38.8 Å². The van der Waals surface area contributed by atoms with Gasteiger partial charge in [-0.2, -0.15) is 0 Å². The molecule has 0 spiro atoms. The minimum atomic E-state index is 0.728. The molecule has 1 N–H and O–H groups in total. The van der Waals surface area contributed by atoms with Crippen molar-refractivity contribution in [1.29, 1.82) is 0 Å². The highest BCUT2D eigenvalue weighted by atomic mass is 79.9. The molecule has 1 aromatic heterocycles. The lowest BCUT2D eigenvalue weighted by molar-refractivity contribution is 0.734. The molecule has 0 atom stereocenters. The van der Waals surface area contributed by atoms with Gasteiger partial charge in [-0.3, -0.25) is 0 Å². The topological polar surface area (TPSA) is 24.9 Å². The molecule has 0 aliphatic carbocycles. The summed E-state index contributed by atoms with van der Waals surface area (Å²) in [5.41, 5.74) is 1.05. The first-order valence-electron chi connectivity index (χ1n) is 5.31. The van der Waals surface area contributed by atoms with Gasteiger partial charge in [0, 0.05) is 32.7 Å². The van der Waals surface area contributed by atoms with Crippen LogP contribution < -0.4 is 5.32 Å². The number of nitrogens with zero attached hydrogens (tertiary/aromatic N) is 1. The van der Waals surface area contributed by atoms with Crippen LogP contribution in [-0.4, -0.2) is 11.5 Å². The molecule has 0 bridgehead atoms. The molecule has 0 amide bonds. The van der Waals surface area contributed by atoms with E-state index in [0.717, 1.165) is 33.2 Å². The summed E-state index contributed by atoms with van der Waals surface area (Å²) < 4.78 is 1.02. The van der Waals surface area contributed by atoms with E-state index in [1.54, 1.807) is 11.3 Å². The molecule has 2 rings (SSSR count). The number of rotatable bonds is 4. The van der Waals surface area contributed by atoms with Crippen molar-refractivity contribution in [2.75, 3.05) is 6.54 Å². The maximum absolute atomic E-state index is 6.00. The van der Waals surface area contributed by atoms with Gasteiger partial charge in [-0.25, -0.2) is 4.98 Å². The third kappa shape index (κ3) is 3.28. The normalized spacial score (nSPS) is 10.8. The minimum Gasteiger partial charge on any atom is -0.312 e. The second kappa shape index (κ2) is 5.96. The highest BCUT2D eigenvalue weighted by molar-refractivity contribution is 9.10. The van der Waals surface area contributed by atoms with Crippen LogP contribution in [0.2, 0.25) is 5.02 Å². The van der Waals surface area contributed by atoms with E-state index in [2.05, 4.69) is 33.2 Å². The van der Waals surface area contributed by atoms with E-state index in [4.69, 9.17) is 11.6 Å². The highest BCUT2D eigenvalue weighted by Gasteiger charge is 2.08. The Hall–Kier alpha value is -0.420. The molecule has 2 nitrogen and oxygen atoms in total. The molecular weight excluding hydrogens is 320 g/mol. The molecule has 5 heteroatoms. The van der Waals surface area contributed by atoms with Gasteiger partial charge < -0.3 is 5.32 Å². The Balaban J connectivity index is 2.27. The van der Waals surface area contributed by atoms with Gasteiger partial charge in [-0.05, 0) is 24.7 Å². The smallest absolute Gasteiger partial charge is 0.124 e. The Labute approximate surface area is 118 Å². The Morgan fingerprint density at radius 1 is 1.47 bits per heavy atom. The average molecular weight is 332 g/mol. The summed E-state index contributed by atoms with van der Waals surface area (Å²) in [7, 11) is 0. The molecule has 0 radical (unpaired) electrons. The van der Waals surface area contributed by atoms with Gasteiger partial charge in [0.05, 0.1) is 0 Å². The van der Waals surface area contributed by atoms with Crippen LogP contribution in [0.1, 0.15) is 11.8 Å². The highest BCUT2D eigenvalue weighted by Crippen LogP contribution is 2.33. The van der Waals surface area contributed by atoms with Crippen molar-refractivity contribution in [2.45, 2.75) is 13.5 Å². The third-order valence-electron chi connectivity index (χ3n) is 2.26. The van der Waals surface area contributed by atoms with Gasteiger partial charge in [0.25, 0.3) is 0 Å². The lowest BCUT2D eigenvalue weighted by Gasteiger charge is -2.01. The second-order valence-corrected chi connectivity index (χ2v) is 5.94. The zero-order valence-corrected chi connectivity index (χ0v) is 12.5. The maximum atomic E-state index is 6.00. The van der Waals surface area contributed by atoms with Crippen LogP contribution in [0.25, 0.3) is 10.6 Å². The summed E-state index contributed by atoms with van der Waals surface area (Å²) in [4.78, 5) is 5.66. The first-order chi connectivity index (χ1) is 8.20. The quantitative estimate of drug-likeness (QED) is 0.901. The summed E-state index contributed by atoms with van der Waals surface area (Å²) in [6, 6.07) is 5.74. The van der Waals surface area contributed by atoms with Crippen LogP contribution >= 0.6 is 38.9 Å². The Bertz CT molecular complexity index is 513. The van der Waals surface area contributed by atoms with Crippen molar-refractivity contribution < 1.29 is 0 Å². The molecule has 0 unspecified atom stereocenters. The van der Waals surface area contributed by atoms with Gasteiger partial charge in [0.15, 0.2) is 0 Å². The maximum Gasteiger partial charge on any atom is 0.124 e. The van der Waals surface area contributed by atoms with Crippen molar-refractivity contribution in [1.82, 2.24) is 10.3 Å². The molecule has 90 valence electrons. The summed E-state index contributed by atoms with van der Waals surface area (Å²) in [6.07, 6.45) is 1.91. The molecule has 0 fully saturated rings. The molecule has 0 aliphatic heterocycles. The first kappa shape index (κ1) is 13.0. The van der Waals surface area contributed by atoms with Gasteiger partial charge >= 0.3 is 0 Å². The monoisotopic (exact) mass is 330 g/mol. The lowest BCUT2D eigenvalue weighted by Crippen LogP contribution is -2.10. The van der Waals surface area contributed by atoms with Gasteiger partial charge in [-0.1, -0.05) is 34.5 Å². The third-order valence-corrected chi connectivity index (χ3v) is 4.22. The first-order valence-corrected chi connectivity index (χ1v) is 7.30. The molecule has 1 heterocycles. The SMILES string of the molecule is CCNCc1cnc(-c2cc(Cl)ccc2Br)s1. The largest absolute Gasteiger partial charge is 0.312 e. The van der Waals surface area contributed by atoms with E-state index >= 15 is 0 Å². The van der Waals surface area contributed by atoms with E-state index in [9.17, 15) is 0 Å². The molecule has 2 aromatic rings. The molecule has 0 aliphatic rings. The van der Waals surface area contributed by atoms with E-state index in [-0.39, 0.29) is 0 Å². The van der Waals surface area contributed by atoms with Crippen molar-refractivity contribution in [3.8, 4) is 10.6 Å². The number of aromatic nitrogens is 1. The van der Waals surface area contributed by atoms with Crippen LogP contribution in [0.15, 0.2) is 28.9 Å². The molecule has 17 heavy (non-hydrogen) atoms. The fraction of sp³-hybridized carbons (Fsp3) is 0.250. The van der Waals surface area contributed by atoms with Crippen molar-refractivity contribution in [2.24, 2.45) is 0 Å². The fourth-order valence-corrected chi connectivity index (χ4v) is 3.07. The fourth-order valence-electron chi connectivity index (χ4n) is 1.42. The zero-order valence-electron chi connectivity index (χ0n) is 9.34. The number of nitrogens with one attached hydrogen (secondary N) is 1. The standard InChI is InChI=1S/C12H12BrClN2S/c1-2-15-6-9-7-16-12(17-9)10-5-8(14)3-4-11(10)13/h3-5,7,15H,2,6H2,1H3. The van der Waals surface area contributed by atoms with Crippen LogP contribution in [0, 0.1) is 0 Å². The Morgan fingerprint density at radius 3 is 3.06 bits per heavy atom. The van der Waals surface area contributed by atoms with E-state index in [1.165, 1.54) is 4.88 Å². The number of thiazole rings is 1. The molecule has 0 saturated carbocycles. The average Bonchev–Trinajstić information content (AvgIpc) is 2.78. The molecule has 0 saturated heterocycles. The summed E-state index contributed by atoms with van der Waals surface area (Å²) >= 11 is 11.2. The van der Waals surface area contributed by atoms with Crippen LogP contribution in [0.4, 0.5) is 0 Å². The van der Waals surface area contributed by atoms with Crippen molar-refractivity contribution in [3.63, 3.8) is 0 Å². The van der Waals surface area contributed by atoms with E-state index in [1.807, 2.05) is 24.4 Å². The zero-order chi connectivity index (χ0) is 12.3. The number of hydrogen-bond donors (Lipinski definition) is 1. The van der Waals surface area contributed by atoms with Gasteiger partial charge in [-0.15, -0.1) is 11.3 Å². The second-order valence-electron chi connectivity index (χ2n) is 3.54. The summed E-state index contributed by atoms with van der Waals surface area (Å²) in [5, 5.41) is 5.01. The van der Waals surface area contributed by atoms with Crippen LogP contribution in [0.3, 0.4) is 0 Å². The van der Waals surface area contributed by atoms with Crippen LogP contribution in [0.5, 0.6) is 0 Å². The predicted molar refractivity (Wildman–Crippen MR) is 77.6 cm³/mol. The number of benzene rings is 1. The Morgan fingerprint density at radius 2 is 2.29 bits per heavy atom. The van der Waals surface area contributed by atoms with Crippen molar-refractivity contribution >= 4 is 38.9 Å². The van der Waals surface area contributed by atoms with Gasteiger partial charge in [0.2, 0.25) is 0 Å². The number of hydrogen-bond acceptors (Lipinski definition) is 3. The van der Waals surface area contributed by atoms with E-state index < -0.39 is 0 Å². The summed E-state index contributed by atoms with van der Waals surface area (Å²) in [5.74, 6) is 0. The molecular formula is C12H12BrClN2S. The Kier molecular flexibility index (Phi) is 4.56. The molecule has 1 aromatic carbocycles. The van der Waals surface area contributed by atoms with Gasteiger partial charge in [0.1, 0.15) is 5.01 Å². The minimum absolute atomic E-state index is 0.728. The summed E-state index contributed by atoms with van der Waals surface area (Å²) in [6.45, 7) is 3.93. The van der Waals surface area contributed by atoms with E-state index in [0.29, 0.717) is 0 Å². The van der Waals surface area contributed by atoms with Crippen LogP contribution in [-0.2, 0) is 6.54 Å². The number of halogens is 2.